The van der Waals surface area contributed by atoms with Crippen LogP contribution in [0.25, 0.3) is 0 Å². The van der Waals surface area contributed by atoms with Crippen molar-refractivity contribution < 1.29 is 9.47 Å². The normalized spacial score (nSPS) is 16.1. The summed E-state index contributed by atoms with van der Waals surface area (Å²) in [5.41, 5.74) is 0.787. The molecule has 1 saturated heterocycles. The van der Waals surface area contributed by atoms with Crippen molar-refractivity contribution in [2.75, 3.05) is 32.2 Å². The topological polar surface area (TPSA) is 56.6 Å². The van der Waals surface area contributed by atoms with E-state index in [0.717, 1.165) is 18.8 Å². The minimum Gasteiger partial charge on any atom is -0.370 e. The van der Waals surface area contributed by atoms with Gasteiger partial charge in [-0.1, -0.05) is 0 Å². The van der Waals surface area contributed by atoms with Crippen LogP contribution in [0.4, 0.5) is 5.69 Å². The third-order valence-electron chi connectivity index (χ3n) is 3.42. The van der Waals surface area contributed by atoms with Crippen molar-refractivity contribution in [1.29, 1.82) is 0 Å². The van der Waals surface area contributed by atoms with Crippen LogP contribution in [0.2, 0.25) is 0 Å². The van der Waals surface area contributed by atoms with Gasteiger partial charge in [0.15, 0.2) is 6.29 Å². The molecule has 1 aromatic rings. The fourth-order valence-electron chi connectivity index (χ4n) is 2.27. The Bertz CT molecular complexity index is 451. The Labute approximate surface area is 112 Å². The molecular formula is C13H21N3O3. The number of hydrogen-bond acceptors (Lipinski definition) is 5. The second-order valence-corrected chi connectivity index (χ2v) is 4.68. The van der Waals surface area contributed by atoms with Crippen LogP contribution >= 0.6 is 0 Å². The van der Waals surface area contributed by atoms with Gasteiger partial charge in [-0.15, -0.1) is 0 Å². The van der Waals surface area contributed by atoms with Gasteiger partial charge < -0.3 is 14.4 Å². The lowest BCUT2D eigenvalue weighted by atomic mass is 10.1. The number of ether oxygens (including phenoxy) is 2. The van der Waals surface area contributed by atoms with E-state index in [9.17, 15) is 4.79 Å². The third kappa shape index (κ3) is 3.54. The maximum Gasteiger partial charge on any atom is 0.268 e. The maximum atomic E-state index is 12.0. The van der Waals surface area contributed by atoms with Crippen molar-refractivity contribution in [3.05, 3.63) is 22.6 Å². The SMILES string of the molecule is COC(Cn1ncc(N2CCCCC2)cc1=O)OC. The zero-order valence-corrected chi connectivity index (χ0v) is 11.5. The molecule has 6 nitrogen and oxygen atoms in total. The fourth-order valence-corrected chi connectivity index (χ4v) is 2.27. The Kier molecular flexibility index (Phi) is 4.93. The molecule has 0 unspecified atom stereocenters. The summed E-state index contributed by atoms with van der Waals surface area (Å²) >= 11 is 0. The molecule has 0 spiro atoms. The molecule has 1 aromatic heterocycles. The minimum absolute atomic E-state index is 0.123. The highest BCUT2D eigenvalue weighted by Crippen LogP contribution is 2.16. The molecule has 1 aliphatic rings. The molecule has 0 bridgehead atoms. The van der Waals surface area contributed by atoms with Crippen molar-refractivity contribution in [3.63, 3.8) is 0 Å². The standard InChI is InChI=1S/C13H21N3O3/c1-18-13(19-2)10-16-12(17)8-11(9-14-16)15-6-4-3-5-7-15/h8-9,13H,3-7,10H2,1-2H3. The summed E-state index contributed by atoms with van der Waals surface area (Å²) < 4.78 is 11.5. The average molecular weight is 267 g/mol. The first kappa shape index (κ1) is 14.0. The molecule has 1 aliphatic heterocycles. The summed E-state index contributed by atoms with van der Waals surface area (Å²) in [7, 11) is 3.09. The molecule has 2 rings (SSSR count). The number of anilines is 1. The van der Waals surface area contributed by atoms with E-state index in [4.69, 9.17) is 9.47 Å². The second kappa shape index (κ2) is 6.68. The summed E-state index contributed by atoms with van der Waals surface area (Å²) in [6.07, 6.45) is 4.92. The molecule has 0 saturated carbocycles. The zero-order chi connectivity index (χ0) is 13.7. The molecule has 0 amide bonds. The molecule has 0 atom stereocenters. The zero-order valence-electron chi connectivity index (χ0n) is 11.5. The lowest BCUT2D eigenvalue weighted by Crippen LogP contribution is -2.34. The Morgan fingerprint density at radius 1 is 1.26 bits per heavy atom. The number of hydrogen-bond donors (Lipinski definition) is 0. The molecule has 1 fully saturated rings. The van der Waals surface area contributed by atoms with Crippen LogP contribution in [0, 0.1) is 0 Å². The number of methoxy groups -OCH3 is 2. The van der Waals surface area contributed by atoms with Crippen LogP contribution < -0.4 is 10.5 Å². The highest BCUT2D eigenvalue weighted by atomic mass is 16.7. The second-order valence-electron chi connectivity index (χ2n) is 4.68. The molecule has 0 N–H and O–H groups in total. The van der Waals surface area contributed by atoms with E-state index in [-0.39, 0.29) is 5.56 Å². The van der Waals surface area contributed by atoms with Gasteiger partial charge >= 0.3 is 0 Å². The number of nitrogens with zero attached hydrogens (tertiary/aromatic N) is 3. The largest absolute Gasteiger partial charge is 0.370 e. The number of rotatable bonds is 5. The minimum atomic E-state index is -0.453. The van der Waals surface area contributed by atoms with E-state index >= 15 is 0 Å². The van der Waals surface area contributed by atoms with Gasteiger partial charge in [-0.25, -0.2) is 4.68 Å². The number of aromatic nitrogens is 2. The Morgan fingerprint density at radius 3 is 2.53 bits per heavy atom. The van der Waals surface area contributed by atoms with Crippen molar-refractivity contribution in [3.8, 4) is 0 Å². The first-order chi connectivity index (χ1) is 9.24. The van der Waals surface area contributed by atoms with E-state index in [1.54, 1.807) is 26.5 Å². The summed E-state index contributed by atoms with van der Waals surface area (Å²) in [6.45, 7) is 2.31. The Balaban J connectivity index is 2.10. The van der Waals surface area contributed by atoms with Gasteiger partial charge in [0.05, 0.1) is 18.4 Å². The summed E-state index contributed by atoms with van der Waals surface area (Å²) in [5, 5.41) is 4.19. The smallest absolute Gasteiger partial charge is 0.268 e. The summed E-state index contributed by atoms with van der Waals surface area (Å²) in [6, 6.07) is 1.64. The van der Waals surface area contributed by atoms with E-state index in [0.29, 0.717) is 6.54 Å². The first-order valence-electron chi connectivity index (χ1n) is 6.62. The maximum absolute atomic E-state index is 12.0. The van der Waals surface area contributed by atoms with E-state index < -0.39 is 6.29 Å². The quantitative estimate of drug-likeness (QED) is 0.740. The van der Waals surface area contributed by atoms with Gasteiger partial charge in [0.1, 0.15) is 0 Å². The summed E-state index contributed by atoms with van der Waals surface area (Å²) in [4.78, 5) is 14.2. The molecule has 6 heteroatoms. The average Bonchev–Trinajstić information content (AvgIpc) is 2.47. The van der Waals surface area contributed by atoms with Crippen LogP contribution in [0.5, 0.6) is 0 Å². The third-order valence-corrected chi connectivity index (χ3v) is 3.42. The molecule has 0 aromatic carbocycles. The van der Waals surface area contributed by atoms with Crippen molar-refractivity contribution in [1.82, 2.24) is 9.78 Å². The molecular weight excluding hydrogens is 246 g/mol. The van der Waals surface area contributed by atoms with Gasteiger partial charge in [0.2, 0.25) is 0 Å². The lowest BCUT2D eigenvalue weighted by molar-refractivity contribution is -0.113. The Morgan fingerprint density at radius 2 is 1.95 bits per heavy atom. The van der Waals surface area contributed by atoms with E-state index in [1.807, 2.05) is 0 Å². The van der Waals surface area contributed by atoms with Crippen LogP contribution in [0.15, 0.2) is 17.1 Å². The van der Waals surface area contributed by atoms with Crippen molar-refractivity contribution in [2.45, 2.75) is 32.1 Å². The molecule has 0 aliphatic carbocycles. The van der Waals surface area contributed by atoms with Gasteiger partial charge in [0, 0.05) is 33.4 Å². The number of piperidine rings is 1. The Hall–Kier alpha value is -1.40. The summed E-state index contributed by atoms with van der Waals surface area (Å²) in [5.74, 6) is 0. The van der Waals surface area contributed by atoms with E-state index in [2.05, 4.69) is 10.00 Å². The predicted octanol–water partition coefficient (Wildman–Crippen LogP) is 0.852. The highest BCUT2D eigenvalue weighted by Gasteiger charge is 2.14. The molecule has 0 radical (unpaired) electrons. The van der Waals surface area contributed by atoms with Crippen LogP contribution in [-0.4, -0.2) is 43.4 Å². The van der Waals surface area contributed by atoms with Gasteiger partial charge in [-0.05, 0) is 19.3 Å². The monoisotopic (exact) mass is 267 g/mol. The van der Waals surface area contributed by atoms with Crippen molar-refractivity contribution in [2.24, 2.45) is 0 Å². The van der Waals surface area contributed by atoms with Gasteiger partial charge in [-0.3, -0.25) is 4.79 Å². The van der Waals surface area contributed by atoms with E-state index in [1.165, 1.54) is 23.9 Å². The lowest BCUT2D eigenvalue weighted by Gasteiger charge is -2.28. The van der Waals surface area contributed by atoms with Gasteiger partial charge in [-0.2, -0.15) is 5.10 Å². The van der Waals surface area contributed by atoms with Crippen LogP contribution in [0.1, 0.15) is 19.3 Å². The first-order valence-corrected chi connectivity index (χ1v) is 6.62. The van der Waals surface area contributed by atoms with Crippen LogP contribution in [-0.2, 0) is 16.0 Å². The highest BCUT2D eigenvalue weighted by molar-refractivity contribution is 5.43. The predicted molar refractivity (Wildman–Crippen MR) is 72.4 cm³/mol. The van der Waals surface area contributed by atoms with Crippen molar-refractivity contribution >= 4 is 5.69 Å². The molecule has 2 heterocycles. The fraction of sp³-hybridized carbons (Fsp3) is 0.692. The van der Waals surface area contributed by atoms with Gasteiger partial charge in [0.25, 0.3) is 5.56 Å². The molecule has 19 heavy (non-hydrogen) atoms. The van der Waals surface area contributed by atoms with Crippen LogP contribution in [0.3, 0.4) is 0 Å². The molecule has 106 valence electrons.